The molecule has 0 spiro atoms. The van der Waals surface area contributed by atoms with E-state index in [4.69, 9.17) is 0 Å². The predicted molar refractivity (Wildman–Crippen MR) is 126 cm³/mol. The first-order valence-electron chi connectivity index (χ1n) is 11.0. The lowest BCUT2D eigenvalue weighted by molar-refractivity contribution is -0.138. The molecular weight excluding hydrogens is 434 g/mol. The van der Waals surface area contributed by atoms with Crippen molar-refractivity contribution in [2.24, 2.45) is 5.92 Å². The normalized spacial score (nSPS) is 16.2. The first-order chi connectivity index (χ1) is 16.5. The van der Waals surface area contributed by atoms with Gasteiger partial charge in [-0.25, -0.2) is 4.98 Å². The van der Waals surface area contributed by atoms with Crippen molar-refractivity contribution in [3.63, 3.8) is 0 Å². The van der Waals surface area contributed by atoms with Gasteiger partial charge in [0.2, 0.25) is 11.8 Å². The molecule has 9 heteroatoms. The number of carbonyl (C=O) groups excluding carboxylic acids is 2. The number of aromatic nitrogens is 2. The van der Waals surface area contributed by atoms with E-state index in [1.54, 1.807) is 29.4 Å². The first-order valence-corrected chi connectivity index (χ1v) is 11.0. The lowest BCUT2D eigenvalue weighted by Gasteiger charge is -2.20. The van der Waals surface area contributed by atoms with Gasteiger partial charge < -0.3 is 20.6 Å². The fraction of sp³-hybridized carbons (Fsp3) is 0.240. The first kappa shape index (κ1) is 22.9. The van der Waals surface area contributed by atoms with Gasteiger partial charge in [-0.2, -0.15) is 0 Å². The average molecular weight is 460 g/mol. The van der Waals surface area contributed by atoms with E-state index < -0.39 is 17.9 Å². The Morgan fingerprint density at radius 2 is 2.00 bits per heavy atom. The molecule has 1 fully saturated rings. The molecule has 9 nitrogen and oxygen atoms in total. The molecule has 1 aliphatic heterocycles. The Balaban J connectivity index is 1.41. The van der Waals surface area contributed by atoms with Gasteiger partial charge in [0.05, 0.1) is 18.4 Å². The number of carboxylic acids is 1. The fourth-order valence-corrected chi connectivity index (χ4v) is 3.93. The molecule has 0 radical (unpaired) electrons. The Hall–Kier alpha value is -4.27. The molecule has 0 aliphatic carbocycles. The molecule has 1 aliphatic rings. The molecule has 4 rings (SSSR count). The van der Waals surface area contributed by atoms with Crippen LogP contribution in [0, 0.1) is 5.92 Å². The summed E-state index contributed by atoms with van der Waals surface area (Å²) in [6.45, 7) is 0.771. The largest absolute Gasteiger partial charge is 0.481 e. The zero-order valence-corrected chi connectivity index (χ0v) is 18.4. The minimum Gasteiger partial charge on any atom is -0.481 e. The van der Waals surface area contributed by atoms with Gasteiger partial charge in [-0.1, -0.05) is 24.3 Å². The van der Waals surface area contributed by atoms with Crippen LogP contribution >= 0.6 is 0 Å². The van der Waals surface area contributed by atoms with Crippen LogP contribution in [0.15, 0.2) is 73.2 Å². The molecule has 174 valence electrons. The van der Waals surface area contributed by atoms with Crippen LogP contribution in [0.4, 0.5) is 11.5 Å². The van der Waals surface area contributed by atoms with Crippen LogP contribution < -0.4 is 15.5 Å². The van der Waals surface area contributed by atoms with Crippen molar-refractivity contribution in [3.8, 4) is 0 Å². The molecule has 2 aromatic heterocycles. The minimum absolute atomic E-state index is 0.0646. The van der Waals surface area contributed by atoms with E-state index in [-0.39, 0.29) is 31.2 Å². The number of amides is 2. The Labute approximate surface area is 196 Å². The maximum Gasteiger partial charge on any atom is 0.305 e. The van der Waals surface area contributed by atoms with Gasteiger partial charge in [-0.05, 0) is 41.5 Å². The molecule has 3 N–H and O–H groups in total. The van der Waals surface area contributed by atoms with Crippen LogP contribution in [0.1, 0.15) is 30.0 Å². The van der Waals surface area contributed by atoms with Crippen molar-refractivity contribution in [3.05, 3.63) is 84.3 Å². The highest BCUT2D eigenvalue weighted by molar-refractivity contribution is 6.00. The molecule has 2 unspecified atom stereocenters. The number of nitrogens with zero attached hydrogens (tertiary/aromatic N) is 3. The third-order valence-electron chi connectivity index (χ3n) is 5.64. The van der Waals surface area contributed by atoms with Crippen LogP contribution in [0.3, 0.4) is 0 Å². The van der Waals surface area contributed by atoms with Gasteiger partial charge >= 0.3 is 5.97 Å². The lowest BCUT2D eigenvalue weighted by atomic mass is 10.0. The van der Waals surface area contributed by atoms with Crippen LogP contribution in [0.25, 0.3) is 0 Å². The van der Waals surface area contributed by atoms with Crippen molar-refractivity contribution in [2.45, 2.75) is 25.4 Å². The van der Waals surface area contributed by atoms with E-state index in [1.807, 2.05) is 42.5 Å². The molecule has 34 heavy (non-hydrogen) atoms. The van der Waals surface area contributed by atoms with Gasteiger partial charge in [0.1, 0.15) is 5.82 Å². The number of nitrogens with one attached hydrogen (secondary N) is 2. The number of benzene rings is 1. The third-order valence-corrected chi connectivity index (χ3v) is 5.64. The number of pyridine rings is 2. The number of carbonyl (C=O) groups is 3. The number of carboxylic acid groups (broad SMARTS) is 1. The second kappa shape index (κ2) is 10.6. The number of hydrogen-bond acceptors (Lipinski definition) is 6. The summed E-state index contributed by atoms with van der Waals surface area (Å²) >= 11 is 0. The topological polar surface area (TPSA) is 125 Å². The molecule has 3 heterocycles. The highest BCUT2D eigenvalue weighted by Gasteiger charge is 2.36. The highest BCUT2D eigenvalue weighted by Crippen LogP contribution is 2.27. The summed E-state index contributed by atoms with van der Waals surface area (Å²) in [5.74, 6) is -1.35. The molecular formula is C25H25N5O4. The lowest BCUT2D eigenvalue weighted by Crippen LogP contribution is -2.36. The third kappa shape index (κ3) is 5.74. The van der Waals surface area contributed by atoms with Crippen LogP contribution in [0.5, 0.6) is 0 Å². The molecule has 0 saturated carbocycles. The molecule has 0 bridgehead atoms. The quantitative estimate of drug-likeness (QED) is 0.449. The maximum absolute atomic E-state index is 12.9. The van der Waals surface area contributed by atoms with Crippen molar-refractivity contribution < 1.29 is 19.5 Å². The van der Waals surface area contributed by atoms with E-state index in [0.29, 0.717) is 12.1 Å². The average Bonchev–Trinajstić information content (AvgIpc) is 3.25. The predicted octanol–water partition coefficient (Wildman–Crippen LogP) is 2.77. The molecule has 1 aromatic carbocycles. The second-order valence-electron chi connectivity index (χ2n) is 8.09. The van der Waals surface area contributed by atoms with Crippen molar-refractivity contribution in [1.29, 1.82) is 0 Å². The highest BCUT2D eigenvalue weighted by atomic mass is 16.4. The van der Waals surface area contributed by atoms with Crippen LogP contribution in [-0.4, -0.2) is 39.4 Å². The zero-order chi connectivity index (χ0) is 23.9. The van der Waals surface area contributed by atoms with Gasteiger partial charge in [0.25, 0.3) is 0 Å². The van der Waals surface area contributed by atoms with Gasteiger partial charge in [-0.3, -0.25) is 19.4 Å². The number of anilines is 2. The fourth-order valence-electron chi connectivity index (χ4n) is 3.93. The summed E-state index contributed by atoms with van der Waals surface area (Å²) in [6, 6.07) is 15.9. The summed E-state index contributed by atoms with van der Waals surface area (Å²) < 4.78 is 0. The van der Waals surface area contributed by atoms with Crippen LogP contribution in [0.2, 0.25) is 0 Å². The summed E-state index contributed by atoms with van der Waals surface area (Å²) in [4.78, 5) is 46.8. The van der Waals surface area contributed by atoms with Gasteiger partial charge in [-0.15, -0.1) is 0 Å². The summed E-state index contributed by atoms with van der Waals surface area (Å²) in [5, 5.41) is 15.3. The number of hydrogen-bond donors (Lipinski definition) is 3. The van der Waals surface area contributed by atoms with Crippen molar-refractivity contribution >= 4 is 29.3 Å². The van der Waals surface area contributed by atoms with E-state index in [2.05, 4.69) is 20.6 Å². The number of aliphatic carboxylic acids is 1. The molecule has 2 atom stereocenters. The Morgan fingerprint density at radius 3 is 2.74 bits per heavy atom. The molecule has 3 aromatic rings. The van der Waals surface area contributed by atoms with E-state index in [9.17, 15) is 19.5 Å². The second-order valence-corrected chi connectivity index (χ2v) is 8.09. The Bertz CT molecular complexity index is 1160. The minimum atomic E-state index is -1.03. The van der Waals surface area contributed by atoms with Crippen molar-refractivity contribution in [2.75, 3.05) is 16.8 Å². The molecule has 1 saturated heterocycles. The monoisotopic (exact) mass is 459 g/mol. The smallest absolute Gasteiger partial charge is 0.305 e. The summed E-state index contributed by atoms with van der Waals surface area (Å²) in [7, 11) is 0. The SMILES string of the molecule is O=C(O)CC(NC(=O)C1CC(=O)N(c2cccc(CNc3ccccn3)c2)C1)c1cccnc1. The van der Waals surface area contributed by atoms with E-state index in [0.717, 1.165) is 17.1 Å². The Morgan fingerprint density at radius 1 is 1.12 bits per heavy atom. The Kier molecular flexibility index (Phi) is 7.12. The van der Waals surface area contributed by atoms with E-state index >= 15 is 0 Å². The number of rotatable bonds is 9. The molecule has 2 amide bonds. The van der Waals surface area contributed by atoms with Crippen LogP contribution in [-0.2, 0) is 20.9 Å². The van der Waals surface area contributed by atoms with Gasteiger partial charge in [0.15, 0.2) is 0 Å². The zero-order valence-electron chi connectivity index (χ0n) is 18.4. The van der Waals surface area contributed by atoms with Crippen molar-refractivity contribution in [1.82, 2.24) is 15.3 Å². The van der Waals surface area contributed by atoms with Gasteiger partial charge in [0, 0.05) is 43.8 Å². The standard InChI is InChI=1S/C25H25N5O4/c31-23-12-19(25(34)29-21(13-24(32)33)18-6-4-9-26-15-18)16-30(23)20-7-3-5-17(11-20)14-28-22-8-1-2-10-27-22/h1-11,15,19,21H,12-14,16H2,(H,27,28)(H,29,34)(H,32,33). The summed E-state index contributed by atoms with van der Waals surface area (Å²) in [5.41, 5.74) is 2.30. The maximum atomic E-state index is 12.9. The summed E-state index contributed by atoms with van der Waals surface area (Å²) in [6.07, 6.45) is 4.62. The van der Waals surface area contributed by atoms with E-state index in [1.165, 1.54) is 6.20 Å².